The number of nitrogens with zero attached hydrogens (tertiary/aromatic N) is 1. The molecule has 1 aliphatic heterocycles. The van der Waals surface area contributed by atoms with Crippen LogP contribution < -0.4 is 24.4 Å². The number of anilines is 2. The van der Waals surface area contributed by atoms with Crippen LogP contribution in [0, 0.1) is 0 Å². The molecule has 3 aromatic carbocycles. The van der Waals surface area contributed by atoms with Gasteiger partial charge in [-0.1, -0.05) is 56.1 Å². The van der Waals surface area contributed by atoms with Gasteiger partial charge in [0, 0.05) is 17.1 Å². The van der Waals surface area contributed by atoms with Crippen molar-refractivity contribution in [1.82, 2.24) is 0 Å². The molecule has 1 N–H and O–H groups in total. The Balaban J connectivity index is 1.30. The second-order valence-corrected chi connectivity index (χ2v) is 11.1. The van der Waals surface area contributed by atoms with Gasteiger partial charge in [-0.25, -0.2) is 0 Å². The molecule has 0 fully saturated rings. The van der Waals surface area contributed by atoms with Gasteiger partial charge in [0.2, 0.25) is 5.91 Å². The van der Waals surface area contributed by atoms with E-state index in [0.717, 1.165) is 5.75 Å². The van der Waals surface area contributed by atoms with E-state index < -0.39 is 0 Å². The number of benzene rings is 3. The van der Waals surface area contributed by atoms with Gasteiger partial charge in [-0.15, -0.1) is 0 Å². The Morgan fingerprint density at radius 3 is 2.49 bits per heavy atom. The molecular weight excluding hydrogens is 539 g/mol. The summed E-state index contributed by atoms with van der Waals surface area (Å²) in [6.07, 6.45) is 0.751. The summed E-state index contributed by atoms with van der Waals surface area (Å²) in [6, 6.07) is 18.2. The lowest BCUT2D eigenvalue weighted by Crippen LogP contribution is -2.41. The molecule has 7 nitrogen and oxygen atoms in total. The van der Waals surface area contributed by atoms with Gasteiger partial charge < -0.3 is 24.4 Å². The van der Waals surface area contributed by atoms with Crippen molar-refractivity contribution in [2.75, 3.05) is 36.6 Å². The number of nitrogens with one attached hydrogen (secondary N) is 1. The number of ether oxygens (including phenoxy) is 3. The topological polar surface area (TPSA) is 77.1 Å². The number of rotatable bonds is 10. The van der Waals surface area contributed by atoms with Crippen LogP contribution >= 0.6 is 23.2 Å². The first-order valence-electron chi connectivity index (χ1n) is 12.8. The molecule has 0 spiro atoms. The molecule has 0 bridgehead atoms. The van der Waals surface area contributed by atoms with Crippen LogP contribution in [0.15, 0.2) is 60.7 Å². The fourth-order valence-electron chi connectivity index (χ4n) is 4.06. The van der Waals surface area contributed by atoms with Crippen molar-refractivity contribution in [1.29, 1.82) is 0 Å². The lowest BCUT2D eigenvalue weighted by molar-refractivity contribution is -0.121. The van der Waals surface area contributed by atoms with Crippen LogP contribution in [0.5, 0.6) is 17.2 Å². The predicted molar refractivity (Wildman–Crippen MR) is 155 cm³/mol. The second kappa shape index (κ2) is 12.6. The molecule has 0 unspecified atom stereocenters. The number of carbonyl (C=O) groups is 2. The maximum atomic E-state index is 12.6. The first-order chi connectivity index (χ1) is 18.6. The molecule has 1 aliphatic rings. The molecule has 0 saturated carbocycles. The number of hydrogen-bond acceptors (Lipinski definition) is 5. The Bertz CT molecular complexity index is 1320. The summed E-state index contributed by atoms with van der Waals surface area (Å²) >= 11 is 12.0. The summed E-state index contributed by atoms with van der Waals surface area (Å²) < 4.78 is 17.1. The van der Waals surface area contributed by atoms with Gasteiger partial charge in [-0.2, -0.15) is 0 Å². The van der Waals surface area contributed by atoms with E-state index in [1.54, 1.807) is 41.3 Å². The molecule has 0 radical (unpaired) electrons. The number of fused-ring (bicyclic) bond motifs is 1. The average molecular weight is 572 g/mol. The fraction of sp³-hybridized carbons (Fsp3) is 0.333. The van der Waals surface area contributed by atoms with Gasteiger partial charge in [0.15, 0.2) is 6.61 Å². The van der Waals surface area contributed by atoms with Crippen LogP contribution in [-0.4, -0.2) is 38.2 Å². The van der Waals surface area contributed by atoms with Gasteiger partial charge in [-0.3, -0.25) is 9.59 Å². The SMILES string of the molecule is CC(C)(C)c1ccc(OCCN2C(=O)COc3ccc(NC(=O)CCCOc4ccc(Cl)cc4Cl)cc32)cc1. The predicted octanol–water partition coefficient (Wildman–Crippen LogP) is 6.89. The van der Waals surface area contributed by atoms with E-state index >= 15 is 0 Å². The van der Waals surface area contributed by atoms with Gasteiger partial charge in [0.25, 0.3) is 5.91 Å². The van der Waals surface area contributed by atoms with Crippen LogP contribution in [0.3, 0.4) is 0 Å². The van der Waals surface area contributed by atoms with Crippen molar-refractivity contribution in [2.24, 2.45) is 0 Å². The first kappa shape index (κ1) is 28.6. The summed E-state index contributed by atoms with van der Waals surface area (Å²) in [6.45, 7) is 7.43. The van der Waals surface area contributed by atoms with Crippen LogP contribution in [0.25, 0.3) is 0 Å². The minimum atomic E-state index is -0.171. The molecule has 39 heavy (non-hydrogen) atoms. The molecule has 9 heteroatoms. The largest absolute Gasteiger partial charge is 0.492 e. The zero-order valence-corrected chi connectivity index (χ0v) is 23.8. The molecule has 0 aromatic heterocycles. The standard InChI is InChI=1S/C30H32Cl2N2O5/c1-30(2,3)20-6-10-23(11-7-20)37-16-14-34-25-18-22(9-13-27(25)39-19-29(34)36)33-28(35)5-4-15-38-26-12-8-21(31)17-24(26)32/h6-13,17-18H,4-5,14-16,19H2,1-3H3,(H,33,35). The highest BCUT2D eigenvalue weighted by Gasteiger charge is 2.26. The zero-order chi connectivity index (χ0) is 28.0. The third kappa shape index (κ3) is 7.80. The van der Waals surface area contributed by atoms with Gasteiger partial charge >= 0.3 is 0 Å². The summed E-state index contributed by atoms with van der Waals surface area (Å²) in [5, 5.41) is 3.83. The third-order valence-corrected chi connectivity index (χ3v) is 6.72. The highest BCUT2D eigenvalue weighted by atomic mass is 35.5. The highest BCUT2D eigenvalue weighted by Crippen LogP contribution is 2.35. The zero-order valence-electron chi connectivity index (χ0n) is 22.3. The van der Waals surface area contributed by atoms with Crippen molar-refractivity contribution < 1.29 is 23.8 Å². The van der Waals surface area contributed by atoms with E-state index in [-0.39, 0.29) is 30.3 Å². The minimum Gasteiger partial charge on any atom is -0.492 e. The normalized spacial score (nSPS) is 12.9. The lowest BCUT2D eigenvalue weighted by atomic mass is 9.87. The number of hydrogen-bond donors (Lipinski definition) is 1. The Hall–Kier alpha value is -3.42. The Kier molecular flexibility index (Phi) is 9.25. The third-order valence-electron chi connectivity index (χ3n) is 6.19. The highest BCUT2D eigenvalue weighted by molar-refractivity contribution is 6.35. The van der Waals surface area contributed by atoms with Crippen molar-refractivity contribution in [2.45, 2.75) is 39.0 Å². The molecule has 0 atom stereocenters. The maximum Gasteiger partial charge on any atom is 0.265 e. The first-order valence-corrected chi connectivity index (χ1v) is 13.5. The monoisotopic (exact) mass is 570 g/mol. The van der Waals surface area contributed by atoms with Crippen molar-refractivity contribution in [3.8, 4) is 17.2 Å². The van der Waals surface area contributed by atoms with E-state index in [1.807, 2.05) is 12.1 Å². The van der Waals surface area contributed by atoms with E-state index in [4.69, 9.17) is 37.4 Å². The Morgan fingerprint density at radius 2 is 1.77 bits per heavy atom. The van der Waals surface area contributed by atoms with Crippen molar-refractivity contribution in [3.05, 3.63) is 76.3 Å². The fourth-order valence-corrected chi connectivity index (χ4v) is 4.52. The van der Waals surface area contributed by atoms with E-state index in [0.29, 0.717) is 59.1 Å². The molecule has 2 amide bonds. The molecule has 4 rings (SSSR count). The van der Waals surface area contributed by atoms with Crippen LogP contribution in [0.4, 0.5) is 11.4 Å². The summed E-state index contributed by atoms with van der Waals surface area (Å²) in [7, 11) is 0. The maximum absolute atomic E-state index is 12.6. The molecular formula is C30H32Cl2N2O5. The van der Waals surface area contributed by atoms with Gasteiger partial charge in [0.05, 0.1) is 23.9 Å². The number of amides is 2. The van der Waals surface area contributed by atoms with Crippen molar-refractivity contribution in [3.63, 3.8) is 0 Å². The Morgan fingerprint density at radius 1 is 1.00 bits per heavy atom. The van der Waals surface area contributed by atoms with Crippen LogP contribution in [0.2, 0.25) is 10.0 Å². The second-order valence-electron chi connectivity index (χ2n) is 10.2. The molecule has 3 aromatic rings. The molecule has 206 valence electrons. The number of carbonyl (C=O) groups excluding carboxylic acids is 2. The Labute approximate surface area is 238 Å². The van der Waals surface area contributed by atoms with E-state index in [9.17, 15) is 9.59 Å². The van der Waals surface area contributed by atoms with Crippen molar-refractivity contribution >= 4 is 46.4 Å². The van der Waals surface area contributed by atoms with Crippen LogP contribution in [-0.2, 0) is 15.0 Å². The van der Waals surface area contributed by atoms with E-state index in [1.165, 1.54) is 5.56 Å². The van der Waals surface area contributed by atoms with Gasteiger partial charge in [0.1, 0.15) is 23.9 Å². The summed E-state index contributed by atoms with van der Waals surface area (Å²) in [4.78, 5) is 26.8. The summed E-state index contributed by atoms with van der Waals surface area (Å²) in [5.74, 6) is 1.50. The lowest BCUT2D eigenvalue weighted by Gasteiger charge is -2.29. The molecule has 0 aliphatic carbocycles. The number of halogens is 2. The quantitative estimate of drug-likeness (QED) is 0.268. The molecule has 0 saturated heterocycles. The van der Waals surface area contributed by atoms with Crippen LogP contribution in [0.1, 0.15) is 39.2 Å². The smallest absolute Gasteiger partial charge is 0.265 e. The van der Waals surface area contributed by atoms with E-state index in [2.05, 4.69) is 38.2 Å². The summed E-state index contributed by atoms with van der Waals surface area (Å²) in [5.41, 5.74) is 2.45. The average Bonchev–Trinajstić information content (AvgIpc) is 2.89. The minimum absolute atomic E-state index is 0.0450. The molecule has 1 heterocycles. The van der Waals surface area contributed by atoms with Gasteiger partial charge in [-0.05, 0) is 65.9 Å².